The summed E-state index contributed by atoms with van der Waals surface area (Å²) in [5.41, 5.74) is 0.432. The fourth-order valence-corrected chi connectivity index (χ4v) is 2.49. The number of nitrogens with one attached hydrogen (secondary N) is 1. The minimum Gasteiger partial charge on any atom is -0.338 e. The molecule has 3 heteroatoms. The minimum absolute atomic E-state index is 0.432. The number of hydrogen-bond acceptors (Lipinski definition) is 2. The van der Waals surface area contributed by atoms with E-state index in [0.29, 0.717) is 5.41 Å². The average molecular weight is 251 g/mol. The van der Waals surface area contributed by atoms with Crippen molar-refractivity contribution in [3.05, 3.63) is 18.2 Å². The van der Waals surface area contributed by atoms with Crippen LogP contribution in [0.5, 0.6) is 0 Å². The van der Waals surface area contributed by atoms with Gasteiger partial charge in [0.25, 0.3) is 0 Å². The highest BCUT2D eigenvalue weighted by Gasteiger charge is 2.25. The molecule has 1 aromatic rings. The molecule has 0 spiro atoms. The Labute approximate surface area is 112 Å². The van der Waals surface area contributed by atoms with E-state index in [1.165, 1.54) is 31.5 Å². The molecule has 0 aromatic carbocycles. The van der Waals surface area contributed by atoms with E-state index in [-0.39, 0.29) is 0 Å². The van der Waals surface area contributed by atoms with Gasteiger partial charge in [-0.05, 0) is 37.6 Å². The number of hydrogen-bond donors (Lipinski definition) is 1. The molecule has 1 rings (SSSR count). The van der Waals surface area contributed by atoms with E-state index in [1.807, 2.05) is 12.4 Å². The van der Waals surface area contributed by atoms with Crippen molar-refractivity contribution in [3.8, 4) is 0 Å². The summed E-state index contributed by atoms with van der Waals surface area (Å²) in [5.74, 6) is 1.21. The Kier molecular flexibility index (Phi) is 6.41. The standard InChI is InChI=1S/C15H29N3/c1-5-10-16-13-15(6-2,7-3)9-8-14-17-11-12-18(14)4/h11-12,16H,5-10,13H2,1-4H3. The topological polar surface area (TPSA) is 29.9 Å². The maximum absolute atomic E-state index is 4.43. The van der Waals surface area contributed by atoms with Gasteiger partial charge in [-0.3, -0.25) is 0 Å². The molecular weight excluding hydrogens is 222 g/mol. The second-order valence-corrected chi connectivity index (χ2v) is 5.34. The van der Waals surface area contributed by atoms with Crippen LogP contribution in [0, 0.1) is 5.41 Å². The molecule has 0 radical (unpaired) electrons. The van der Waals surface area contributed by atoms with Gasteiger partial charge in [-0.25, -0.2) is 4.98 Å². The smallest absolute Gasteiger partial charge is 0.108 e. The van der Waals surface area contributed by atoms with Crippen LogP contribution in [0.3, 0.4) is 0 Å². The van der Waals surface area contributed by atoms with E-state index in [0.717, 1.165) is 19.5 Å². The molecule has 0 saturated heterocycles. The molecule has 0 aliphatic rings. The third kappa shape index (κ3) is 4.13. The molecule has 0 atom stereocenters. The van der Waals surface area contributed by atoms with Gasteiger partial charge in [0, 0.05) is 32.4 Å². The van der Waals surface area contributed by atoms with Crippen LogP contribution in [0.15, 0.2) is 12.4 Å². The summed E-state index contributed by atoms with van der Waals surface area (Å²) in [4.78, 5) is 4.43. The zero-order valence-corrected chi connectivity index (χ0v) is 12.5. The lowest BCUT2D eigenvalue weighted by atomic mass is 9.78. The van der Waals surface area contributed by atoms with Crippen molar-refractivity contribution in [3.63, 3.8) is 0 Å². The second kappa shape index (κ2) is 7.57. The molecule has 0 aliphatic heterocycles. The van der Waals surface area contributed by atoms with Crippen molar-refractivity contribution in [2.75, 3.05) is 13.1 Å². The SMILES string of the molecule is CCCNCC(CC)(CC)CCc1nccn1C. The maximum Gasteiger partial charge on any atom is 0.108 e. The highest BCUT2D eigenvalue weighted by molar-refractivity contribution is 4.93. The van der Waals surface area contributed by atoms with E-state index in [4.69, 9.17) is 0 Å². The largest absolute Gasteiger partial charge is 0.338 e. The van der Waals surface area contributed by atoms with E-state index >= 15 is 0 Å². The molecule has 0 amide bonds. The van der Waals surface area contributed by atoms with Crippen LogP contribution in [-0.2, 0) is 13.5 Å². The summed E-state index contributed by atoms with van der Waals surface area (Å²) in [6, 6.07) is 0. The second-order valence-electron chi connectivity index (χ2n) is 5.34. The van der Waals surface area contributed by atoms with Crippen LogP contribution in [0.1, 0.15) is 52.3 Å². The van der Waals surface area contributed by atoms with Crippen molar-refractivity contribution in [1.82, 2.24) is 14.9 Å². The molecule has 104 valence electrons. The third-order valence-electron chi connectivity index (χ3n) is 4.23. The fourth-order valence-electron chi connectivity index (χ4n) is 2.49. The predicted molar refractivity (Wildman–Crippen MR) is 77.7 cm³/mol. The zero-order chi connectivity index (χ0) is 13.4. The van der Waals surface area contributed by atoms with Gasteiger partial charge in [0.2, 0.25) is 0 Å². The summed E-state index contributed by atoms with van der Waals surface area (Å²) in [7, 11) is 2.08. The highest BCUT2D eigenvalue weighted by Crippen LogP contribution is 2.31. The Balaban J connectivity index is 2.53. The molecule has 1 N–H and O–H groups in total. The lowest BCUT2D eigenvalue weighted by Crippen LogP contribution is -2.34. The quantitative estimate of drug-likeness (QED) is 0.683. The number of nitrogens with zero attached hydrogens (tertiary/aromatic N) is 2. The molecule has 1 aromatic heterocycles. The van der Waals surface area contributed by atoms with Gasteiger partial charge in [0.05, 0.1) is 0 Å². The minimum atomic E-state index is 0.432. The first kappa shape index (κ1) is 15.2. The number of rotatable bonds is 9. The van der Waals surface area contributed by atoms with Gasteiger partial charge in [-0.15, -0.1) is 0 Å². The van der Waals surface area contributed by atoms with Crippen molar-refractivity contribution in [1.29, 1.82) is 0 Å². The molecule has 0 fully saturated rings. The monoisotopic (exact) mass is 251 g/mol. The summed E-state index contributed by atoms with van der Waals surface area (Å²) in [6.45, 7) is 9.12. The average Bonchev–Trinajstić information content (AvgIpc) is 2.80. The molecule has 0 aliphatic carbocycles. The Hall–Kier alpha value is -0.830. The Morgan fingerprint density at radius 3 is 2.50 bits per heavy atom. The van der Waals surface area contributed by atoms with Gasteiger partial charge < -0.3 is 9.88 Å². The summed E-state index contributed by atoms with van der Waals surface area (Å²) in [6.07, 6.45) is 9.92. The third-order valence-corrected chi connectivity index (χ3v) is 4.23. The summed E-state index contributed by atoms with van der Waals surface area (Å²) >= 11 is 0. The molecule has 18 heavy (non-hydrogen) atoms. The Morgan fingerprint density at radius 2 is 2.00 bits per heavy atom. The van der Waals surface area contributed by atoms with Crippen LogP contribution >= 0.6 is 0 Å². The van der Waals surface area contributed by atoms with E-state index < -0.39 is 0 Å². The number of aromatic nitrogens is 2. The molecular formula is C15H29N3. The first-order valence-corrected chi connectivity index (χ1v) is 7.34. The predicted octanol–water partition coefficient (Wildman–Crippen LogP) is 3.16. The van der Waals surface area contributed by atoms with Gasteiger partial charge in [0.1, 0.15) is 5.82 Å². The summed E-state index contributed by atoms with van der Waals surface area (Å²) < 4.78 is 2.13. The zero-order valence-electron chi connectivity index (χ0n) is 12.5. The number of aryl methyl sites for hydroxylation is 2. The van der Waals surface area contributed by atoms with Crippen molar-refractivity contribution in [2.24, 2.45) is 12.5 Å². The maximum atomic E-state index is 4.43. The van der Waals surface area contributed by atoms with Crippen LogP contribution in [-0.4, -0.2) is 22.6 Å². The molecule has 0 saturated carbocycles. The molecule has 0 unspecified atom stereocenters. The Morgan fingerprint density at radius 1 is 1.28 bits per heavy atom. The van der Waals surface area contributed by atoms with Crippen LogP contribution in [0.25, 0.3) is 0 Å². The highest BCUT2D eigenvalue weighted by atomic mass is 15.0. The molecule has 1 heterocycles. The fraction of sp³-hybridized carbons (Fsp3) is 0.800. The first-order chi connectivity index (χ1) is 8.67. The first-order valence-electron chi connectivity index (χ1n) is 7.34. The Bertz CT molecular complexity index is 326. The number of imidazole rings is 1. The molecule has 3 nitrogen and oxygen atoms in total. The lowest BCUT2D eigenvalue weighted by Gasteiger charge is -2.32. The van der Waals surface area contributed by atoms with Gasteiger partial charge in [-0.1, -0.05) is 20.8 Å². The van der Waals surface area contributed by atoms with E-state index in [1.54, 1.807) is 0 Å². The lowest BCUT2D eigenvalue weighted by molar-refractivity contribution is 0.226. The van der Waals surface area contributed by atoms with E-state index in [9.17, 15) is 0 Å². The van der Waals surface area contributed by atoms with Crippen LogP contribution in [0.4, 0.5) is 0 Å². The van der Waals surface area contributed by atoms with Gasteiger partial charge in [0.15, 0.2) is 0 Å². The van der Waals surface area contributed by atoms with Crippen LogP contribution < -0.4 is 5.32 Å². The molecule has 0 bridgehead atoms. The normalized spacial score (nSPS) is 12.0. The van der Waals surface area contributed by atoms with Gasteiger partial charge >= 0.3 is 0 Å². The van der Waals surface area contributed by atoms with Crippen molar-refractivity contribution < 1.29 is 0 Å². The van der Waals surface area contributed by atoms with E-state index in [2.05, 4.69) is 42.7 Å². The summed E-state index contributed by atoms with van der Waals surface area (Å²) in [5, 5.41) is 3.60. The van der Waals surface area contributed by atoms with Crippen molar-refractivity contribution >= 4 is 0 Å². The van der Waals surface area contributed by atoms with Crippen LogP contribution in [0.2, 0.25) is 0 Å². The van der Waals surface area contributed by atoms with Gasteiger partial charge in [-0.2, -0.15) is 0 Å². The van der Waals surface area contributed by atoms with Crippen molar-refractivity contribution in [2.45, 2.75) is 52.9 Å².